The van der Waals surface area contributed by atoms with Crippen molar-refractivity contribution in [2.45, 2.75) is 30.4 Å². The summed E-state index contributed by atoms with van der Waals surface area (Å²) in [5, 5.41) is 12.9. The molecule has 1 N–H and O–H groups in total. The SMILES string of the molecule is CCOc1ccccc1Nc1nnc(SC(C)C)s1. The van der Waals surface area contributed by atoms with E-state index in [2.05, 4.69) is 29.4 Å². The van der Waals surface area contributed by atoms with E-state index in [1.165, 1.54) is 0 Å². The zero-order chi connectivity index (χ0) is 13.7. The third-order valence-electron chi connectivity index (χ3n) is 2.17. The third-order valence-corrected chi connectivity index (χ3v) is 4.10. The molecule has 0 fully saturated rings. The number of anilines is 2. The van der Waals surface area contributed by atoms with E-state index in [-0.39, 0.29) is 0 Å². The van der Waals surface area contributed by atoms with Gasteiger partial charge < -0.3 is 10.1 Å². The van der Waals surface area contributed by atoms with E-state index in [0.717, 1.165) is 20.9 Å². The average Bonchev–Trinajstić information content (AvgIpc) is 2.78. The van der Waals surface area contributed by atoms with Crippen LogP contribution >= 0.6 is 23.1 Å². The van der Waals surface area contributed by atoms with Gasteiger partial charge in [0.2, 0.25) is 5.13 Å². The van der Waals surface area contributed by atoms with Crippen molar-refractivity contribution < 1.29 is 4.74 Å². The minimum absolute atomic E-state index is 0.511. The van der Waals surface area contributed by atoms with Crippen molar-refractivity contribution in [3.8, 4) is 5.75 Å². The van der Waals surface area contributed by atoms with Gasteiger partial charge in [-0.2, -0.15) is 0 Å². The summed E-state index contributed by atoms with van der Waals surface area (Å²) in [6.45, 7) is 6.90. The highest BCUT2D eigenvalue weighted by Gasteiger charge is 2.09. The van der Waals surface area contributed by atoms with E-state index < -0.39 is 0 Å². The Morgan fingerprint density at radius 3 is 2.84 bits per heavy atom. The molecule has 0 saturated heterocycles. The summed E-state index contributed by atoms with van der Waals surface area (Å²) >= 11 is 3.27. The first-order valence-corrected chi connectivity index (χ1v) is 7.87. The summed E-state index contributed by atoms with van der Waals surface area (Å²) in [5.41, 5.74) is 0.918. The highest BCUT2D eigenvalue weighted by molar-refractivity contribution is 8.01. The van der Waals surface area contributed by atoms with E-state index >= 15 is 0 Å². The molecule has 0 amide bonds. The summed E-state index contributed by atoms with van der Waals surface area (Å²) in [5.74, 6) is 0.832. The van der Waals surface area contributed by atoms with E-state index in [9.17, 15) is 0 Å². The number of hydrogen-bond donors (Lipinski definition) is 1. The van der Waals surface area contributed by atoms with Gasteiger partial charge in [0.05, 0.1) is 12.3 Å². The van der Waals surface area contributed by atoms with E-state index in [1.807, 2.05) is 31.2 Å². The molecule has 0 bridgehead atoms. The van der Waals surface area contributed by atoms with Crippen LogP contribution in [0.1, 0.15) is 20.8 Å². The van der Waals surface area contributed by atoms with Crippen molar-refractivity contribution in [2.24, 2.45) is 0 Å². The van der Waals surface area contributed by atoms with Crippen LogP contribution in [-0.2, 0) is 0 Å². The largest absolute Gasteiger partial charge is 0.492 e. The van der Waals surface area contributed by atoms with Crippen molar-refractivity contribution in [1.29, 1.82) is 0 Å². The van der Waals surface area contributed by atoms with Crippen LogP contribution in [0.25, 0.3) is 0 Å². The molecule has 0 aliphatic carbocycles. The fourth-order valence-electron chi connectivity index (χ4n) is 1.48. The van der Waals surface area contributed by atoms with Crippen molar-refractivity contribution in [2.75, 3.05) is 11.9 Å². The zero-order valence-electron chi connectivity index (χ0n) is 11.2. The zero-order valence-corrected chi connectivity index (χ0v) is 12.8. The monoisotopic (exact) mass is 295 g/mol. The highest BCUT2D eigenvalue weighted by atomic mass is 32.2. The van der Waals surface area contributed by atoms with Gasteiger partial charge in [0.15, 0.2) is 4.34 Å². The summed E-state index contributed by atoms with van der Waals surface area (Å²) in [7, 11) is 0. The molecular formula is C13H17N3OS2. The van der Waals surface area contributed by atoms with Gasteiger partial charge in [-0.25, -0.2) is 0 Å². The van der Waals surface area contributed by atoms with Crippen LogP contribution in [-0.4, -0.2) is 22.1 Å². The number of benzene rings is 1. The Bertz CT molecular complexity index is 528. The van der Waals surface area contributed by atoms with Crippen LogP contribution < -0.4 is 10.1 Å². The predicted octanol–water partition coefficient (Wildman–Crippen LogP) is 4.18. The van der Waals surface area contributed by atoms with Gasteiger partial charge in [0, 0.05) is 5.25 Å². The van der Waals surface area contributed by atoms with Crippen LogP contribution in [0.5, 0.6) is 5.75 Å². The molecule has 0 spiro atoms. The summed E-state index contributed by atoms with van der Waals surface area (Å²) in [4.78, 5) is 0. The average molecular weight is 295 g/mol. The van der Waals surface area contributed by atoms with Crippen LogP contribution in [0.2, 0.25) is 0 Å². The quantitative estimate of drug-likeness (QED) is 0.810. The number of thioether (sulfide) groups is 1. The Morgan fingerprint density at radius 2 is 2.11 bits per heavy atom. The molecule has 102 valence electrons. The molecule has 0 aliphatic rings. The molecule has 19 heavy (non-hydrogen) atoms. The Kier molecular flexibility index (Phi) is 5.04. The van der Waals surface area contributed by atoms with Crippen LogP contribution in [0.15, 0.2) is 28.6 Å². The minimum atomic E-state index is 0.511. The molecule has 1 heterocycles. The predicted molar refractivity (Wildman–Crippen MR) is 81.8 cm³/mol. The molecule has 1 aromatic heterocycles. The van der Waals surface area contributed by atoms with Gasteiger partial charge in [-0.15, -0.1) is 10.2 Å². The molecule has 1 aromatic carbocycles. The molecule has 2 rings (SSSR count). The van der Waals surface area contributed by atoms with Gasteiger partial charge in [0.25, 0.3) is 0 Å². The second kappa shape index (κ2) is 6.77. The summed E-state index contributed by atoms with van der Waals surface area (Å²) in [6, 6.07) is 7.84. The fraction of sp³-hybridized carbons (Fsp3) is 0.385. The van der Waals surface area contributed by atoms with Crippen LogP contribution in [0.3, 0.4) is 0 Å². The van der Waals surface area contributed by atoms with Crippen LogP contribution in [0, 0.1) is 0 Å². The molecule has 0 saturated carbocycles. The second-order valence-corrected chi connectivity index (χ2v) is 6.90. The molecular weight excluding hydrogens is 278 g/mol. The Balaban J connectivity index is 2.10. The van der Waals surface area contributed by atoms with Gasteiger partial charge in [-0.3, -0.25) is 0 Å². The second-order valence-electron chi connectivity index (χ2n) is 4.09. The first kappa shape index (κ1) is 14.1. The Hall–Kier alpha value is -1.27. The van der Waals surface area contributed by atoms with Crippen molar-refractivity contribution >= 4 is 33.9 Å². The smallest absolute Gasteiger partial charge is 0.210 e. The molecule has 0 unspecified atom stereocenters. The topological polar surface area (TPSA) is 47.0 Å². The lowest BCUT2D eigenvalue weighted by molar-refractivity contribution is 0.342. The van der Waals surface area contributed by atoms with Crippen LogP contribution in [0.4, 0.5) is 10.8 Å². The number of para-hydroxylation sites is 2. The normalized spacial score (nSPS) is 10.7. The first-order chi connectivity index (χ1) is 9.19. The van der Waals surface area contributed by atoms with Gasteiger partial charge in [-0.1, -0.05) is 49.1 Å². The van der Waals surface area contributed by atoms with E-state index in [1.54, 1.807) is 23.1 Å². The number of nitrogens with zero attached hydrogens (tertiary/aromatic N) is 2. The Labute approximate surface area is 121 Å². The first-order valence-electron chi connectivity index (χ1n) is 6.18. The summed E-state index contributed by atoms with van der Waals surface area (Å²) < 4.78 is 6.55. The van der Waals surface area contributed by atoms with Gasteiger partial charge >= 0.3 is 0 Å². The van der Waals surface area contributed by atoms with E-state index in [4.69, 9.17) is 4.74 Å². The number of aromatic nitrogens is 2. The third kappa shape index (κ3) is 4.11. The molecule has 2 aromatic rings. The van der Waals surface area contributed by atoms with Crippen molar-refractivity contribution in [1.82, 2.24) is 10.2 Å². The van der Waals surface area contributed by atoms with Gasteiger partial charge in [0.1, 0.15) is 5.75 Å². The molecule has 6 heteroatoms. The number of nitrogens with one attached hydrogen (secondary N) is 1. The molecule has 0 atom stereocenters. The van der Waals surface area contributed by atoms with E-state index in [0.29, 0.717) is 11.9 Å². The summed E-state index contributed by atoms with van der Waals surface area (Å²) in [6.07, 6.45) is 0. The molecule has 0 radical (unpaired) electrons. The van der Waals surface area contributed by atoms with Crippen molar-refractivity contribution in [3.05, 3.63) is 24.3 Å². The number of rotatable bonds is 6. The molecule has 0 aliphatic heterocycles. The number of ether oxygens (including phenoxy) is 1. The maximum absolute atomic E-state index is 5.57. The standard InChI is InChI=1S/C13H17N3OS2/c1-4-17-11-8-6-5-7-10(11)14-12-15-16-13(19-12)18-9(2)3/h5-9H,4H2,1-3H3,(H,14,15). The number of hydrogen-bond acceptors (Lipinski definition) is 6. The van der Waals surface area contributed by atoms with Gasteiger partial charge in [-0.05, 0) is 19.1 Å². The lowest BCUT2D eigenvalue weighted by Gasteiger charge is -2.09. The Morgan fingerprint density at radius 1 is 1.32 bits per heavy atom. The van der Waals surface area contributed by atoms with Crippen molar-refractivity contribution in [3.63, 3.8) is 0 Å². The lowest BCUT2D eigenvalue weighted by atomic mass is 10.3. The molecule has 4 nitrogen and oxygen atoms in total. The maximum Gasteiger partial charge on any atom is 0.210 e. The minimum Gasteiger partial charge on any atom is -0.492 e. The maximum atomic E-state index is 5.57. The fourth-order valence-corrected chi connectivity index (χ4v) is 3.46. The highest BCUT2D eigenvalue weighted by Crippen LogP contribution is 2.32. The lowest BCUT2D eigenvalue weighted by Crippen LogP contribution is -1.97.